The summed E-state index contributed by atoms with van der Waals surface area (Å²) < 4.78 is 26.3. The summed E-state index contributed by atoms with van der Waals surface area (Å²) in [6.45, 7) is 4.66. The van der Waals surface area contributed by atoms with E-state index < -0.39 is 11.6 Å². The van der Waals surface area contributed by atoms with Gasteiger partial charge in [-0.3, -0.25) is 0 Å². The van der Waals surface area contributed by atoms with Crippen molar-refractivity contribution in [3.63, 3.8) is 0 Å². The number of halogens is 2. The van der Waals surface area contributed by atoms with Gasteiger partial charge in [-0.2, -0.15) is 0 Å². The lowest BCUT2D eigenvalue weighted by Crippen LogP contribution is -2.39. The number of hydrogen-bond donors (Lipinski definition) is 1. The van der Waals surface area contributed by atoms with Gasteiger partial charge in [0.05, 0.1) is 0 Å². The Balaban J connectivity index is 1.88. The molecule has 0 aliphatic carbocycles. The Morgan fingerprint density at radius 2 is 1.52 bits per heavy atom. The molecule has 0 radical (unpaired) electrons. The summed E-state index contributed by atoms with van der Waals surface area (Å²) in [7, 11) is 0. The molecule has 0 unspecified atom stereocenters. The maximum atomic E-state index is 13.1. The molecule has 2 aromatic carbocycles. The van der Waals surface area contributed by atoms with Crippen LogP contribution in [0.25, 0.3) is 0 Å². The zero-order valence-electron chi connectivity index (χ0n) is 12.5. The molecular formula is C18H21F2N. The van der Waals surface area contributed by atoms with Crippen LogP contribution in [0.2, 0.25) is 0 Å². The Morgan fingerprint density at radius 1 is 0.905 bits per heavy atom. The van der Waals surface area contributed by atoms with Gasteiger partial charge in [-0.05, 0) is 49.9 Å². The van der Waals surface area contributed by atoms with Gasteiger partial charge in [0.1, 0.15) is 11.6 Å². The van der Waals surface area contributed by atoms with Crippen molar-refractivity contribution >= 4 is 0 Å². The molecule has 0 atom stereocenters. The minimum absolute atomic E-state index is 0.0986. The van der Waals surface area contributed by atoms with Crippen molar-refractivity contribution in [3.05, 3.63) is 71.3 Å². The topological polar surface area (TPSA) is 12.0 Å². The molecule has 0 saturated carbocycles. The van der Waals surface area contributed by atoms with Gasteiger partial charge in [-0.15, -0.1) is 0 Å². The Kier molecular flexibility index (Phi) is 5.07. The van der Waals surface area contributed by atoms with Gasteiger partial charge in [0.2, 0.25) is 0 Å². The van der Waals surface area contributed by atoms with E-state index in [9.17, 15) is 8.78 Å². The maximum Gasteiger partial charge on any atom is 0.126 e. The average molecular weight is 289 g/mol. The summed E-state index contributed by atoms with van der Waals surface area (Å²) in [5.41, 5.74) is 1.82. The van der Waals surface area contributed by atoms with Crippen LogP contribution in [0.15, 0.2) is 48.5 Å². The van der Waals surface area contributed by atoms with E-state index in [0.717, 1.165) is 18.9 Å². The van der Waals surface area contributed by atoms with Crippen LogP contribution in [-0.4, -0.2) is 5.54 Å². The van der Waals surface area contributed by atoms with Crippen molar-refractivity contribution in [2.24, 2.45) is 0 Å². The number of hydrogen-bond acceptors (Lipinski definition) is 1. The summed E-state index contributed by atoms with van der Waals surface area (Å²) in [6, 6.07) is 13.9. The van der Waals surface area contributed by atoms with Gasteiger partial charge < -0.3 is 5.32 Å². The van der Waals surface area contributed by atoms with Crippen molar-refractivity contribution in [3.8, 4) is 0 Å². The van der Waals surface area contributed by atoms with Crippen LogP contribution >= 0.6 is 0 Å². The van der Waals surface area contributed by atoms with E-state index in [2.05, 4.69) is 31.3 Å². The molecule has 1 N–H and O–H groups in total. The van der Waals surface area contributed by atoms with Crippen LogP contribution < -0.4 is 5.32 Å². The van der Waals surface area contributed by atoms with Crippen molar-refractivity contribution in [1.82, 2.24) is 5.32 Å². The predicted molar refractivity (Wildman–Crippen MR) is 82.0 cm³/mol. The molecule has 0 amide bonds. The number of nitrogens with one attached hydrogen (secondary N) is 1. The van der Waals surface area contributed by atoms with Gasteiger partial charge in [-0.1, -0.05) is 30.3 Å². The van der Waals surface area contributed by atoms with Crippen LogP contribution in [0.1, 0.15) is 31.4 Å². The fourth-order valence-corrected chi connectivity index (χ4v) is 2.24. The standard InChI is InChI=1S/C18H21F2N/c1-18(2,9-8-14-6-4-3-5-7-14)21-13-15-10-16(19)12-17(20)11-15/h3-7,10-12,21H,8-9,13H2,1-2H3. The van der Waals surface area contributed by atoms with E-state index in [1.807, 2.05) is 18.2 Å². The van der Waals surface area contributed by atoms with Crippen LogP contribution in [0, 0.1) is 11.6 Å². The highest BCUT2D eigenvalue weighted by Gasteiger charge is 2.17. The Hall–Kier alpha value is -1.74. The molecular weight excluding hydrogens is 268 g/mol. The third-order valence-corrected chi connectivity index (χ3v) is 3.57. The lowest BCUT2D eigenvalue weighted by atomic mass is 9.95. The quantitative estimate of drug-likeness (QED) is 0.827. The maximum absolute atomic E-state index is 13.1. The molecule has 2 aromatic rings. The third kappa shape index (κ3) is 5.27. The van der Waals surface area contributed by atoms with Crippen molar-refractivity contribution in [1.29, 1.82) is 0 Å². The molecule has 0 bridgehead atoms. The van der Waals surface area contributed by atoms with Gasteiger partial charge in [-0.25, -0.2) is 8.78 Å². The van der Waals surface area contributed by atoms with Crippen LogP contribution in [-0.2, 0) is 13.0 Å². The van der Waals surface area contributed by atoms with E-state index in [0.29, 0.717) is 12.1 Å². The normalized spacial score (nSPS) is 11.6. The monoisotopic (exact) mass is 289 g/mol. The number of aryl methyl sites for hydroxylation is 1. The Labute approximate surface area is 125 Å². The van der Waals surface area contributed by atoms with Crippen molar-refractivity contribution < 1.29 is 8.78 Å². The molecule has 0 aromatic heterocycles. The highest BCUT2D eigenvalue weighted by Crippen LogP contribution is 2.15. The van der Waals surface area contributed by atoms with Crippen LogP contribution in [0.5, 0.6) is 0 Å². The fourth-order valence-electron chi connectivity index (χ4n) is 2.24. The largest absolute Gasteiger partial charge is 0.308 e. The average Bonchev–Trinajstić information content (AvgIpc) is 2.44. The molecule has 0 aliphatic rings. The summed E-state index contributed by atoms with van der Waals surface area (Å²) in [5.74, 6) is -1.07. The molecule has 2 rings (SSSR count). The summed E-state index contributed by atoms with van der Waals surface area (Å²) in [5, 5.41) is 3.37. The van der Waals surface area contributed by atoms with E-state index in [1.165, 1.54) is 17.7 Å². The van der Waals surface area contributed by atoms with Crippen molar-refractivity contribution in [2.45, 2.75) is 38.8 Å². The van der Waals surface area contributed by atoms with E-state index in [-0.39, 0.29) is 5.54 Å². The summed E-state index contributed by atoms with van der Waals surface area (Å²) in [4.78, 5) is 0. The number of benzene rings is 2. The SMILES string of the molecule is CC(C)(CCc1ccccc1)NCc1cc(F)cc(F)c1. The van der Waals surface area contributed by atoms with Crippen LogP contribution in [0.4, 0.5) is 8.78 Å². The zero-order valence-corrected chi connectivity index (χ0v) is 12.5. The lowest BCUT2D eigenvalue weighted by molar-refractivity contribution is 0.359. The molecule has 0 heterocycles. The number of rotatable bonds is 6. The van der Waals surface area contributed by atoms with E-state index in [1.54, 1.807) is 0 Å². The lowest BCUT2D eigenvalue weighted by Gasteiger charge is -2.26. The highest BCUT2D eigenvalue weighted by molar-refractivity contribution is 5.18. The Bertz CT molecular complexity index is 559. The van der Waals surface area contributed by atoms with Gasteiger partial charge in [0.25, 0.3) is 0 Å². The third-order valence-electron chi connectivity index (χ3n) is 3.57. The summed E-state index contributed by atoms with van der Waals surface area (Å²) in [6.07, 6.45) is 1.92. The summed E-state index contributed by atoms with van der Waals surface area (Å²) >= 11 is 0. The van der Waals surface area contributed by atoms with Gasteiger partial charge in [0.15, 0.2) is 0 Å². The molecule has 0 saturated heterocycles. The molecule has 1 nitrogen and oxygen atoms in total. The first-order valence-electron chi connectivity index (χ1n) is 7.18. The van der Waals surface area contributed by atoms with E-state index in [4.69, 9.17) is 0 Å². The first-order valence-corrected chi connectivity index (χ1v) is 7.18. The minimum Gasteiger partial charge on any atom is -0.308 e. The molecule has 0 aliphatic heterocycles. The molecule has 112 valence electrons. The zero-order chi connectivity index (χ0) is 15.3. The molecule has 21 heavy (non-hydrogen) atoms. The second-order valence-electron chi connectivity index (χ2n) is 6.00. The van der Waals surface area contributed by atoms with Gasteiger partial charge >= 0.3 is 0 Å². The smallest absolute Gasteiger partial charge is 0.126 e. The first-order chi connectivity index (χ1) is 9.94. The second kappa shape index (κ2) is 6.81. The van der Waals surface area contributed by atoms with E-state index >= 15 is 0 Å². The highest BCUT2D eigenvalue weighted by atomic mass is 19.1. The first kappa shape index (κ1) is 15.6. The van der Waals surface area contributed by atoms with Crippen LogP contribution in [0.3, 0.4) is 0 Å². The fraction of sp³-hybridized carbons (Fsp3) is 0.333. The predicted octanol–water partition coefficient (Wildman–Crippen LogP) is 4.47. The molecule has 3 heteroatoms. The molecule has 0 fully saturated rings. The van der Waals surface area contributed by atoms with Gasteiger partial charge in [0, 0.05) is 18.2 Å². The second-order valence-corrected chi connectivity index (χ2v) is 6.00. The van der Waals surface area contributed by atoms with Crippen molar-refractivity contribution in [2.75, 3.05) is 0 Å². The molecule has 0 spiro atoms. The Morgan fingerprint density at radius 3 is 2.14 bits per heavy atom. The minimum atomic E-state index is -0.533.